The Hall–Kier alpha value is -1.43. The second kappa shape index (κ2) is 7.10. The van der Waals surface area contributed by atoms with E-state index in [0.717, 1.165) is 0 Å². The lowest BCUT2D eigenvalue weighted by Crippen LogP contribution is -2.31. The quantitative estimate of drug-likeness (QED) is 0.767. The fourth-order valence-electron chi connectivity index (χ4n) is 1.29. The molecule has 0 unspecified atom stereocenters. The fraction of sp³-hybridized carbons (Fsp3) is 0.500. The average Bonchev–Trinajstić information content (AvgIpc) is 2.28. The molecule has 3 nitrogen and oxygen atoms in total. The molecule has 102 valence electrons. The summed E-state index contributed by atoms with van der Waals surface area (Å²) in [6.07, 6.45) is -4.19. The molecule has 0 aliphatic rings. The van der Waals surface area contributed by atoms with E-state index >= 15 is 0 Å². The SMILES string of the molecule is CCOc1cccc(OCCNCC(F)(F)F)c1. The van der Waals surface area contributed by atoms with Crippen LogP contribution in [-0.4, -0.2) is 32.5 Å². The van der Waals surface area contributed by atoms with Crippen molar-refractivity contribution in [3.05, 3.63) is 24.3 Å². The molecule has 0 saturated heterocycles. The van der Waals surface area contributed by atoms with Crippen LogP contribution in [0.3, 0.4) is 0 Å². The van der Waals surface area contributed by atoms with Crippen LogP contribution in [0.2, 0.25) is 0 Å². The van der Waals surface area contributed by atoms with Gasteiger partial charge < -0.3 is 14.8 Å². The highest BCUT2D eigenvalue weighted by Gasteiger charge is 2.25. The molecule has 0 heterocycles. The van der Waals surface area contributed by atoms with Crippen molar-refractivity contribution < 1.29 is 22.6 Å². The highest BCUT2D eigenvalue weighted by atomic mass is 19.4. The number of hydrogen-bond donors (Lipinski definition) is 1. The molecule has 0 fully saturated rings. The second-order valence-electron chi connectivity index (χ2n) is 3.55. The molecule has 1 aromatic carbocycles. The molecule has 0 aromatic heterocycles. The maximum atomic E-state index is 11.8. The molecule has 1 aromatic rings. The van der Waals surface area contributed by atoms with E-state index in [-0.39, 0.29) is 13.2 Å². The van der Waals surface area contributed by atoms with Gasteiger partial charge in [0.15, 0.2) is 0 Å². The smallest absolute Gasteiger partial charge is 0.401 e. The van der Waals surface area contributed by atoms with E-state index in [4.69, 9.17) is 9.47 Å². The zero-order chi connectivity index (χ0) is 13.4. The summed E-state index contributed by atoms with van der Waals surface area (Å²) in [4.78, 5) is 0. The number of alkyl halides is 3. The Morgan fingerprint density at radius 2 is 1.83 bits per heavy atom. The third kappa shape index (κ3) is 6.34. The third-order valence-electron chi connectivity index (χ3n) is 1.99. The number of rotatable bonds is 7. The van der Waals surface area contributed by atoms with Crippen molar-refractivity contribution in [2.75, 3.05) is 26.3 Å². The van der Waals surface area contributed by atoms with Gasteiger partial charge in [0.05, 0.1) is 13.2 Å². The van der Waals surface area contributed by atoms with E-state index < -0.39 is 12.7 Å². The lowest BCUT2D eigenvalue weighted by Gasteiger charge is -2.10. The minimum Gasteiger partial charge on any atom is -0.494 e. The second-order valence-corrected chi connectivity index (χ2v) is 3.55. The minimum absolute atomic E-state index is 0.137. The number of nitrogens with one attached hydrogen (secondary N) is 1. The molecule has 0 radical (unpaired) electrons. The Bertz CT molecular complexity index is 355. The van der Waals surface area contributed by atoms with Gasteiger partial charge in [0.1, 0.15) is 18.1 Å². The summed E-state index contributed by atoms with van der Waals surface area (Å²) in [5.74, 6) is 1.26. The fourth-order valence-corrected chi connectivity index (χ4v) is 1.29. The van der Waals surface area contributed by atoms with E-state index in [0.29, 0.717) is 18.1 Å². The maximum absolute atomic E-state index is 11.8. The minimum atomic E-state index is -4.19. The average molecular weight is 263 g/mol. The van der Waals surface area contributed by atoms with Crippen LogP contribution in [0.25, 0.3) is 0 Å². The van der Waals surface area contributed by atoms with Gasteiger partial charge >= 0.3 is 6.18 Å². The van der Waals surface area contributed by atoms with Crippen molar-refractivity contribution in [1.29, 1.82) is 0 Å². The zero-order valence-corrected chi connectivity index (χ0v) is 10.1. The summed E-state index contributed by atoms with van der Waals surface area (Å²) >= 11 is 0. The molecule has 0 bridgehead atoms. The predicted octanol–water partition coefficient (Wildman–Crippen LogP) is 2.62. The van der Waals surface area contributed by atoms with Crippen LogP contribution in [0.1, 0.15) is 6.92 Å². The van der Waals surface area contributed by atoms with E-state index in [1.165, 1.54) is 0 Å². The van der Waals surface area contributed by atoms with Gasteiger partial charge in [-0.25, -0.2) is 0 Å². The molecule has 18 heavy (non-hydrogen) atoms. The molecular weight excluding hydrogens is 247 g/mol. The topological polar surface area (TPSA) is 30.5 Å². The number of hydrogen-bond acceptors (Lipinski definition) is 3. The van der Waals surface area contributed by atoms with Crippen LogP contribution in [0, 0.1) is 0 Å². The van der Waals surface area contributed by atoms with Crippen LogP contribution < -0.4 is 14.8 Å². The standard InChI is InChI=1S/C12H16F3NO2/c1-2-17-10-4-3-5-11(8-10)18-7-6-16-9-12(13,14)15/h3-5,8,16H,2,6-7,9H2,1H3. The molecule has 0 saturated carbocycles. The van der Waals surface area contributed by atoms with Crippen molar-refractivity contribution >= 4 is 0 Å². The van der Waals surface area contributed by atoms with Gasteiger partial charge in [0, 0.05) is 12.6 Å². The highest BCUT2D eigenvalue weighted by molar-refractivity contribution is 5.32. The Morgan fingerprint density at radius 1 is 1.17 bits per heavy atom. The summed E-state index contributed by atoms with van der Waals surface area (Å²) in [7, 11) is 0. The Labute approximate surface area is 104 Å². The first kappa shape index (κ1) is 14.6. The summed E-state index contributed by atoms with van der Waals surface area (Å²) in [5.41, 5.74) is 0. The summed E-state index contributed by atoms with van der Waals surface area (Å²) < 4.78 is 46.0. The molecule has 1 N–H and O–H groups in total. The van der Waals surface area contributed by atoms with Gasteiger partial charge in [-0.05, 0) is 19.1 Å². The summed E-state index contributed by atoms with van der Waals surface area (Å²) in [6.45, 7) is 1.73. The van der Waals surface area contributed by atoms with Crippen molar-refractivity contribution in [2.24, 2.45) is 0 Å². The van der Waals surface area contributed by atoms with Crippen molar-refractivity contribution in [3.8, 4) is 11.5 Å². The van der Waals surface area contributed by atoms with Crippen molar-refractivity contribution in [2.45, 2.75) is 13.1 Å². The lowest BCUT2D eigenvalue weighted by molar-refractivity contribution is -0.124. The molecule has 0 aliphatic carbocycles. The Morgan fingerprint density at radius 3 is 2.44 bits per heavy atom. The van der Waals surface area contributed by atoms with Gasteiger partial charge in [-0.1, -0.05) is 6.07 Å². The van der Waals surface area contributed by atoms with Crippen LogP contribution in [-0.2, 0) is 0 Å². The van der Waals surface area contributed by atoms with Gasteiger partial charge in [0.2, 0.25) is 0 Å². The largest absolute Gasteiger partial charge is 0.494 e. The predicted molar refractivity (Wildman–Crippen MR) is 62.0 cm³/mol. The number of halogens is 3. The van der Waals surface area contributed by atoms with Crippen LogP contribution >= 0.6 is 0 Å². The first-order chi connectivity index (χ1) is 8.51. The van der Waals surface area contributed by atoms with Crippen LogP contribution in [0.15, 0.2) is 24.3 Å². The van der Waals surface area contributed by atoms with E-state index in [2.05, 4.69) is 5.32 Å². The van der Waals surface area contributed by atoms with E-state index in [1.54, 1.807) is 24.3 Å². The molecule has 1 rings (SSSR count). The summed E-state index contributed by atoms with van der Waals surface area (Å²) in [5, 5.41) is 2.25. The maximum Gasteiger partial charge on any atom is 0.401 e. The monoisotopic (exact) mass is 263 g/mol. The van der Waals surface area contributed by atoms with Crippen LogP contribution in [0.5, 0.6) is 11.5 Å². The molecule has 0 spiro atoms. The zero-order valence-electron chi connectivity index (χ0n) is 10.1. The number of ether oxygens (including phenoxy) is 2. The van der Waals surface area contributed by atoms with E-state index in [9.17, 15) is 13.2 Å². The first-order valence-electron chi connectivity index (χ1n) is 5.64. The lowest BCUT2D eigenvalue weighted by atomic mass is 10.3. The molecule has 0 atom stereocenters. The van der Waals surface area contributed by atoms with Crippen LogP contribution in [0.4, 0.5) is 13.2 Å². The van der Waals surface area contributed by atoms with Crippen molar-refractivity contribution in [3.63, 3.8) is 0 Å². The molecule has 6 heteroatoms. The first-order valence-corrected chi connectivity index (χ1v) is 5.64. The third-order valence-corrected chi connectivity index (χ3v) is 1.99. The van der Waals surface area contributed by atoms with Gasteiger partial charge in [0.25, 0.3) is 0 Å². The van der Waals surface area contributed by atoms with Crippen molar-refractivity contribution in [1.82, 2.24) is 5.32 Å². The molecular formula is C12H16F3NO2. The highest BCUT2D eigenvalue weighted by Crippen LogP contribution is 2.19. The Balaban J connectivity index is 2.24. The number of benzene rings is 1. The summed E-state index contributed by atoms with van der Waals surface area (Å²) in [6, 6.07) is 6.99. The molecule has 0 aliphatic heterocycles. The van der Waals surface area contributed by atoms with Gasteiger partial charge in [-0.2, -0.15) is 13.2 Å². The normalized spacial score (nSPS) is 11.3. The molecule has 0 amide bonds. The van der Waals surface area contributed by atoms with Gasteiger partial charge in [-0.15, -0.1) is 0 Å². The Kier molecular flexibility index (Phi) is 5.77. The van der Waals surface area contributed by atoms with Gasteiger partial charge in [-0.3, -0.25) is 0 Å². The van der Waals surface area contributed by atoms with E-state index in [1.807, 2.05) is 6.92 Å².